The van der Waals surface area contributed by atoms with E-state index < -0.39 is 16.8 Å². The van der Waals surface area contributed by atoms with Crippen LogP contribution < -0.4 is 0 Å². The Labute approximate surface area is 110 Å². The van der Waals surface area contributed by atoms with Gasteiger partial charge in [-0.25, -0.2) is 0 Å². The number of aliphatic carboxylic acids is 1. The molecular formula is C14H18O3S. The number of benzene rings is 1. The maximum Gasteiger partial charge on any atom is 0.303 e. The van der Waals surface area contributed by atoms with E-state index in [0.29, 0.717) is 11.5 Å². The fourth-order valence-electron chi connectivity index (χ4n) is 2.16. The Morgan fingerprint density at radius 3 is 2.50 bits per heavy atom. The van der Waals surface area contributed by atoms with Crippen molar-refractivity contribution in [1.29, 1.82) is 0 Å². The fraction of sp³-hybridized carbons (Fsp3) is 0.500. The van der Waals surface area contributed by atoms with Crippen LogP contribution in [-0.2, 0) is 22.0 Å². The Kier molecular flexibility index (Phi) is 4.17. The van der Waals surface area contributed by atoms with Gasteiger partial charge in [0, 0.05) is 22.3 Å². The molecule has 0 aromatic heterocycles. The maximum atomic E-state index is 12.0. The standard InChI is InChI=1S/C14H18O3S/c15-13(16)10-14(7-8-14)11-18(17)9-6-12-4-2-1-3-5-12/h1-5H,6-11H2,(H,15,16). The Bertz CT molecular complexity index is 438. The molecule has 0 saturated heterocycles. The van der Waals surface area contributed by atoms with Crippen LogP contribution in [0.5, 0.6) is 0 Å². The molecule has 0 aliphatic heterocycles. The highest BCUT2D eigenvalue weighted by Crippen LogP contribution is 2.49. The van der Waals surface area contributed by atoms with Gasteiger partial charge >= 0.3 is 5.97 Å². The van der Waals surface area contributed by atoms with Gasteiger partial charge in [-0.05, 0) is 30.2 Å². The lowest BCUT2D eigenvalue weighted by Gasteiger charge is -2.11. The van der Waals surface area contributed by atoms with Crippen LogP contribution >= 0.6 is 0 Å². The molecule has 1 saturated carbocycles. The van der Waals surface area contributed by atoms with Crippen molar-refractivity contribution in [3.63, 3.8) is 0 Å². The van der Waals surface area contributed by atoms with Crippen molar-refractivity contribution in [2.24, 2.45) is 5.41 Å². The molecule has 1 N–H and O–H groups in total. The zero-order chi connectivity index (χ0) is 13.0. The highest BCUT2D eigenvalue weighted by molar-refractivity contribution is 7.85. The number of hydrogen-bond acceptors (Lipinski definition) is 2. The second-order valence-electron chi connectivity index (χ2n) is 5.09. The average Bonchev–Trinajstić information content (AvgIpc) is 3.06. The van der Waals surface area contributed by atoms with E-state index in [9.17, 15) is 9.00 Å². The van der Waals surface area contributed by atoms with Crippen LogP contribution in [0.25, 0.3) is 0 Å². The summed E-state index contributed by atoms with van der Waals surface area (Å²) in [5.74, 6) is 0.407. The first-order chi connectivity index (χ1) is 8.60. The minimum Gasteiger partial charge on any atom is -0.481 e. The van der Waals surface area contributed by atoms with Crippen molar-refractivity contribution in [3.8, 4) is 0 Å². The normalized spacial score (nSPS) is 18.2. The highest BCUT2D eigenvalue weighted by atomic mass is 32.2. The van der Waals surface area contributed by atoms with E-state index in [-0.39, 0.29) is 11.8 Å². The molecule has 1 aromatic carbocycles. The zero-order valence-electron chi connectivity index (χ0n) is 10.3. The monoisotopic (exact) mass is 266 g/mol. The van der Waals surface area contributed by atoms with Crippen molar-refractivity contribution in [2.45, 2.75) is 25.7 Å². The lowest BCUT2D eigenvalue weighted by atomic mass is 10.1. The molecule has 1 aliphatic carbocycles. The van der Waals surface area contributed by atoms with E-state index in [1.165, 1.54) is 5.56 Å². The quantitative estimate of drug-likeness (QED) is 0.823. The molecule has 1 unspecified atom stereocenters. The lowest BCUT2D eigenvalue weighted by Crippen LogP contribution is -2.18. The number of carbonyl (C=O) groups is 1. The van der Waals surface area contributed by atoms with E-state index in [0.717, 1.165) is 19.3 Å². The van der Waals surface area contributed by atoms with Gasteiger partial charge in [-0.15, -0.1) is 0 Å². The van der Waals surface area contributed by atoms with Crippen LogP contribution in [0.15, 0.2) is 30.3 Å². The highest BCUT2D eigenvalue weighted by Gasteiger charge is 2.45. The maximum absolute atomic E-state index is 12.0. The molecule has 0 radical (unpaired) electrons. The summed E-state index contributed by atoms with van der Waals surface area (Å²) in [6.45, 7) is 0. The summed E-state index contributed by atoms with van der Waals surface area (Å²) in [6.07, 6.45) is 2.80. The van der Waals surface area contributed by atoms with Gasteiger partial charge in [0.2, 0.25) is 0 Å². The van der Waals surface area contributed by atoms with E-state index in [1.54, 1.807) is 0 Å². The molecule has 0 spiro atoms. The van der Waals surface area contributed by atoms with Crippen LogP contribution in [0.1, 0.15) is 24.8 Å². The molecule has 3 nitrogen and oxygen atoms in total. The molecule has 98 valence electrons. The lowest BCUT2D eigenvalue weighted by molar-refractivity contribution is -0.138. The molecule has 0 heterocycles. The molecule has 1 atom stereocenters. The molecule has 1 aromatic rings. The van der Waals surface area contributed by atoms with E-state index >= 15 is 0 Å². The first-order valence-electron chi connectivity index (χ1n) is 6.20. The Morgan fingerprint density at radius 1 is 1.28 bits per heavy atom. The first kappa shape index (κ1) is 13.3. The minimum atomic E-state index is -0.907. The van der Waals surface area contributed by atoms with Crippen LogP contribution in [-0.4, -0.2) is 26.8 Å². The number of carboxylic acid groups (broad SMARTS) is 1. The van der Waals surface area contributed by atoms with Crippen LogP contribution in [0.4, 0.5) is 0 Å². The van der Waals surface area contributed by atoms with Crippen molar-refractivity contribution in [2.75, 3.05) is 11.5 Å². The van der Waals surface area contributed by atoms with Gasteiger partial charge in [0.15, 0.2) is 0 Å². The van der Waals surface area contributed by atoms with E-state index in [1.807, 2.05) is 30.3 Å². The van der Waals surface area contributed by atoms with Crippen LogP contribution in [0, 0.1) is 5.41 Å². The van der Waals surface area contributed by atoms with Gasteiger partial charge in [-0.3, -0.25) is 9.00 Å². The van der Waals surface area contributed by atoms with Gasteiger partial charge < -0.3 is 5.11 Å². The molecule has 1 aliphatic rings. The Morgan fingerprint density at radius 2 is 1.94 bits per heavy atom. The van der Waals surface area contributed by atoms with Crippen molar-refractivity contribution in [1.82, 2.24) is 0 Å². The van der Waals surface area contributed by atoms with Crippen molar-refractivity contribution < 1.29 is 14.1 Å². The SMILES string of the molecule is O=C(O)CC1(CS(=O)CCc2ccccc2)CC1. The predicted molar refractivity (Wildman–Crippen MR) is 71.9 cm³/mol. The van der Waals surface area contributed by atoms with Crippen LogP contribution in [0.2, 0.25) is 0 Å². The third kappa shape index (κ3) is 3.95. The summed E-state index contributed by atoms with van der Waals surface area (Å²) < 4.78 is 12.0. The zero-order valence-corrected chi connectivity index (χ0v) is 11.1. The third-order valence-electron chi connectivity index (χ3n) is 3.41. The summed E-state index contributed by atoms with van der Waals surface area (Å²) >= 11 is 0. The Hall–Kier alpha value is -1.16. The molecule has 0 bridgehead atoms. The van der Waals surface area contributed by atoms with Gasteiger partial charge in [0.25, 0.3) is 0 Å². The van der Waals surface area contributed by atoms with Gasteiger partial charge in [-0.1, -0.05) is 30.3 Å². The fourth-order valence-corrected chi connectivity index (χ4v) is 3.84. The summed E-state index contributed by atoms with van der Waals surface area (Å²) in [5.41, 5.74) is 1.03. The number of rotatable bonds is 7. The molecule has 2 rings (SSSR count). The molecular weight excluding hydrogens is 248 g/mol. The van der Waals surface area contributed by atoms with E-state index in [4.69, 9.17) is 5.11 Å². The molecule has 4 heteroatoms. The van der Waals surface area contributed by atoms with Crippen LogP contribution in [0.3, 0.4) is 0 Å². The second-order valence-corrected chi connectivity index (χ2v) is 6.67. The second kappa shape index (κ2) is 5.65. The molecule has 0 amide bonds. The van der Waals surface area contributed by atoms with Crippen molar-refractivity contribution in [3.05, 3.63) is 35.9 Å². The summed E-state index contributed by atoms with van der Waals surface area (Å²) in [7, 11) is -0.907. The third-order valence-corrected chi connectivity index (χ3v) is 5.01. The number of aryl methyl sites for hydroxylation is 1. The largest absolute Gasteiger partial charge is 0.481 e. The first-order valence-corrected chi connectivity index (χ1v) is 7.69. The van der Waals surface area contributed by atoms with Crippen molar-refractivity contribution >= 4 is 16.8 Å². The number of hydrogen-bond donors (Lipinski definition) is 1. The van der Waals surface area contributed by atoms with E-state index in [2.05, 4.69) is 0 Å². The predicted octanol–water partition coefficient (Wildman–Crippen LogP) is 2.23. The smallest absolute Gasteiger partial charge is 0.303 e. The van der Waals surface area contributed by atoms with Gasteiger partial charge in [0.05, 0.1) is 6.42 Å². The average molecular weight is 266 g/mol. The van der Waals surface area contributed by atoms with Gasteiger partial charge in [0.1, 0.15) is 0 Å². The summed E-state index contributed by atoms with van der Waals surface area (Å²) in [6, 6.07) is 9.98. The van der Waals surface area contributed by atoms with Gasteiger partial charge in [-0.2, -0.15) is 0 Å². The molecule has 1 fully saturated rings. The Balaban J connectivity index is 1.78. The minimum absolute atomic E-state index is 0.159. The molecule has 18 heavy (non-hydrogen) atoms. The topological polar surface area (TPSA) is 54.4 Å². The number of carboxylic acids is 1. The summed E-state index contributed by atoms with van der Waals surface area (Å²) in [4.78, 5) is 10.7. The summed E-state index contributed by atoms with van der Waals surface area (Å²) in [5, 5.41) is 8.81.